The third-order valence-corrected chi connectivity index (χ3v) is 4.92. The number of aryl methyl sites for hydroxylation is 1. The van der Waals surface area contributed by atoms with Crippen molar-refractivity contribution in [3.8, 4) is 0 Å². The number of hydrogen-bond donors (Lipinski definition) is 0. The van der Waals surface area contributed by atoms with Crippen molar-refractivity contribution in [2.45, 2.75) is 45.1 Å². The summed E-state index contributed by atoms with van der Waals surface area (Å²) in [4.78, 5) is 16.8. The first-order chi connectivity index (χ1) is 10.2. The number of likely N-dealkylation sites (N-methyl/N-ethyl adjacent to an activating group) is 1. The largest absolute Gasteiger partial charge is 0.359 e. The number of nitrogens with zero attached hydrogens (tertiary/aromatic N) is 2. The van der Waals surface area contributed by atoms with E-state index in [2.05, 4.69) is 36.1 Å². The van der Waals surface area contributed by atoms with Crippen molar-refractivity contribution in [1.29, 1.82) is 0 Å². The molecule has 0 bridgehead atoms. The molecular weight excluding hydrogens is 260 g/mol. The number of anilines is 1. The van der Waals surface area contributed by atoms with Gasteiger partial charge >= 0.3 is 0 Å². The Morgan fingerprint density at radius 1 is 1.29 bits per heavy atom. The molecule has 0 spiro atoms. The minimum Gasteiger partial charge on any atom is -0.359 e. The van der Waals surface area contributed by atoms with Crippen LogP contribution in [-0.2, 0) is 11.2 Å². The van der Waals surface area contributed by atoms with Crippen LogP contribution in [0.4, 0.5) is 5.69 Å². The summed E-state index contributed by atoms with van der Waals surface area (Å²) >= 11 is 0. The Balaban J connectivity index is 1.73. The monoisotopic (exact) mass is 286 g/mol. The molecule has 2 aliphatic rings. The second-order valence-corrected chi connectivity index (χ2v) is 6.57. The standard InChI is InChI=1S/C18H26N2O/c1-3-16-11-10-15-6-4-5-7-17(15)20(16)13-18(21)19(2)12-14-8-9-14/h4-7,14,16H,3,8-13H2,1-2H3. The molecule has 1 aliphatic heterocycles. The van der Waals surface area contributed by atoms with Gasteiger partial charge in [0.25, 0.3) is 0 Å². The maximum absolute atomic E-state index is 12.5. The van der Waals surface area contributed by atoms with Gasteiger partial charge < -0.3 is 9.80 Å². The van der Waals surface area contributed by atoms with E-state index in [1.54, 1.807) is 0 Å². The van der Waals surface area contributed by atoms with Gasteiger partial charge in [-0.05, 0) is 49.7 Å². The molecular formula is C18H26N2O. The lowest BCUT2D eigenvalue weighted by molar-refractivity contribution is -0.128. The third-order valence-electron chi connectivity index (χ3n) is 4.92. The SMILES string of the molecule is CCC1CCc2ccccc2N1CC(=O)N(C)CC1CC1. The highest BCUT2D eigenvalue weighted by atomic mass is 16.2. The maximum Gasteiger partial charge on any atom is 0.241 e. The fourth-order valence-corrected chi connectivity index (χ4v) is 3.37. The Labute approximate surface area is 127 Å². The lowest BCUT2D eigenvalue weighted by Crippen LogP contribution is -2.46. The summed E-state index contributed by atoms with van der Waals surface area (Å²) in [6, 6.07) is 9.06. The van der Waals surface area contributed by atoms with Crippen molar-refractivity contribution in [2.24, 2.45) is 5.92 Å². The summed E-state index contributed by atoms with van der Waals surface area (Å²) in [6.07, 6.45) is 5.99. The minimum atomic E-state index is 0.261. The Hall–Kier alpha value is -1.51. The lowest BCUT2D eigenvalue weighted by atomic mass is 9.94. The molecule has 3 heteroatoms. The number of carbonyl (C=O) groups is 1. The molecule has 1 saturated carbocycles. The molecule has 0 N–H and O–H groups in total. The molecule has 1 heterocycles. The molecule has 0 saturated heterocycles. The van der Waals surface area contributed by atoms with Gasteiger partial charge in [0.05, 0.1) is 6.54 Å². The van der Waals surface area contributed by atoms with Gasteiger partial charge in [-0.15, -0.1) is 0 Å². The van der Waals surface area contributed by atoms with Crippen molar-refractivity contribution in [1.82, 2.24) is 4.90 Å². The number of hydrogen-bond acceptors (Lipinski definition) is 2. The Morgan fingerprint density at radius 2 is 2.05 bits per heavy atom. The number of carbonyl (C=O) groups excluding carboxylic acids is 1. The average molecular weight is 286 g/mol. The van der Waals surface area contributed by atoms with E-state index in [-0.39, 0.29) is 5.91 Å². The van der Waals surface area contributed by atoms with Crippen LogP contribution in [-0.4, -0.2) is 37.0 Å². The molecule has 3 nitrogen and oxygen atoms in total. The number of rotatable bonds is 5. The zero-order valence-corrected chi connectivity index (χ0v) is 13.2. The van der Waals surface area contributed by atoms with E-state index in [1.165, 1.54) is 24.1 Å². The first-order valence-corrected chi connectivity index (χ1v) is 8.27. The van der Waals surface area contributed by atoms with E-state index < -0.39 is 0 Å². The second kappa shape index (κ2) is 6.08. The van der Waals surface area contributed by atoms with E-state index in [0.29, 0.717) is 12.6 Å². The zero-order valence-electron chi connectivity index (χ0n) is 13.2. The normalized spacial score (nSPS) is 21.0. The predicted molar refractivity (Wildman–Crippen MR) is 86.5 cm³/mol. The van der Waals surface area contributed by atoms with Crippen molar-refractivity contribution in [3.63, 3.8) is 0 Å². The third kappa shape index (κ3) is 3.22. The van der Waals surface area contributed by atoms with Crippen molar-refractivity contribution in [2.75, 3.05) is 25.0 Å². The van der Waals surface area contributed by atoms with Gasteiger partial charge in [0.2, 0.25) is 5.91 Å². The summed E-state index contributed by atoms with van der Waals surface area (Å²) in [5, 5.41) is 0. The molecule has 1 aromatic carbocycles. The number of benzene rings is 1. The molecule has 1 fully saturated rings. The molecule has 1 aromatic rings. The minimum absolute atomic E-state index is 0.261. The molecule has 114 valence electrons. The number of fused-ring (bicyclic) bond motifs is 1. The number of para-hydroxylation sites is 1. The first kappa shape index (κ1) is 14.4. The highest BCUT2D eigenvalue weighted by Gasteiger charge is 2.29. The van der Waals surface area contributed by atoms with E-state index in [4.69, 9.17) is 0 Å². The van der Waals surface area contributed by atoms with Crippen LogP contribution in [0.1, 0.15) is 38.2 Å². The van der Waals surface area contributed by atoms with E-state index in [1.807, 2.05) is 11.9 Å². The summed E-state index contributed by atoms with van der Waals surface area (Å²) in [5.41, 5.74) is 2.66. The molecule has 3 rings (SSSR count). The fourth-order valence-electron chi connectivity index (χ4n) is 3.37. The van der Waals surface area contributed by atoms with E-state index >= 15 is 0 Å². The second-order valence-electron chi connectivity index (χ2n) is 6.57. The van der Waals surface area contributed by atoms with Crippen LogP contribution in [0.2, 0.25) is 0 Å². The zero-order chi connectivity index (χ0) is 14.8. The molecule has 1 atom stereocenters. The van der Waals surface area contributed by atoms with Crippen LogP contribution in [0, 0.1) is 5.92 Å². The van der Waals surface area contributed by atoms with Gasteiger partial charge in [0.1, 0.15) is 0 Å². The van der Waals surface area contributed by atoms with Crippen LogP contribution in [0.25, 0.3) is 0 Å². The van der Waals surface area contributed by atoms with Gasteiger partial charge in [-0.2, -0.15) is 0 Å². The smallest absolute Gasteiger partial charge is 0.241 e. The van der Waals surface area contributed by atoms with E-state index in [9.17, 15) is 4.79 Å². The van der Waals surface area contributed by atoms with Gasteiger partial charge in [0.15, 0.2) is 0 Å². The average Bonchev–Trinajstić information content (AvgIpc) is 3.31. The van der Waals surface area contributed by atoms with E-state index in [0.717, 1.165) is 31.7 Å². The van der Waals surface area contributed by atoms with Crippen LogP contribution >= 0.6 is 0 Å². The molecule has 21 heavy (non-hydrogen) atoms. The highest BCUT2D eigenvalue weighted by Crippen LogP contribution is 2.32. The molecule has 1 aliphatic carbocycles. The van der Waals surface area contributed by atoms with Crippen LogP contribution < -0.4 is 4.90 Å². The summed E-state index contributed by atoms with van der Waals surface area (Å²) in [5.74, 6) is 1.02. The van der Waals surface area contributed by atoms with Gasteiger partial charge in [-0.1, -0.05) is 25.1 Å². The van der Waals surface area contributed by atoms with Gasteiger partial charge in [-0.25, -0.2) is 0 Å². The molecule has 1 amide bonds. The van der Waals surface area contributed by atoms with Crippen LogP contribution in [0.5, 0.6) is 0 Å². The van der Waals surface area contributed by atoms with Crippen LogP contribution in [0.15, 0.2) is 24.3 Å². The van der Waals surface area contributed by atoms with Gasteiger partial charge in [0, 0.05) is 25.3 Å². The first-order valence-electron chi connectivity index (χ1n) is 8.27. The molecule has 0 radical (unpaired) electrons. The van der Waals surface area contributed by atoms with Crippen molar-refractivity contribution in [3.05, 3.63) is 29.8 Å². The number of amides is 1. The fraction of sp³-hybridized carbons (Fsp3) is 0.611. The Bertz CT molecular complexity index is 510. The Morgan fingerprint density at radius 3 is 2.76 bits per heavy atom. The van der Waals surface area contributed by atoms with Crippen molar-refractivity contribution < 1.29 is 4.79 Å². The summed E-state index contributed by atoms with van der Waals surface area (Å²) < 4.78 is 0. The quantitative estimate of drug-likeness (QED) is 0.830. The van der Waals surface area contributed by atoms with Crippen molar-refractivity contribution >= 4 is 11.6 Å². The molecule has 0 aromatic heterocycles. The summed E-state index contributed by atoms with van der Waals surface area (Å²) in [6.45, 7) is 3.69. The maximum atomic E-state index is 12.5. The molecule has 1 unspecified atom stereocenters. The highest BCUT2D eigenvalue weighted by molar-refractivity contribution is 5.82. The lowest BCUT2D eigenvalue weighted by Gasteiger charge is -2.39. The topological polar surface area (TPSA) is 23.6 Å². The predicted octanol–water partition coefficient (Wildman–Crippen LogP) is 3.09. The van der Waals surface area contributed by atoms with Gasteiger partial charge in [-0.3, -0.25) is 4.79 Å². The summed E-state index contributed by atoms with van der Waals surface area (Å²) in [7, 11) is 1.96. The Kier molecular flexibility index (Phi) is 4.18. The van der Waals surface area contributed by atoms with Crippen LogP contribution in [0.3, 0.4) is 0 Å².